The van der Waals surface area contributed by atoms with Crippen LogP contribution in [0, 0.1) is 5.82 Å². The molecule has 0 aliphatic rings. The van der Waals surface area contributed by atoms with Gasteiger partial charge in [-0.05, 0) is 59.7 Å². The number of amides is 1. The molecule has 1 amide bonds. The van der Waals surface area contributed by atoms with Crippen molar-refractivity contribution in [1.82, 2.24) is 5.32 Å². The fourth-order valence-corrected chi connectivity index (χ4v) is 5.26. The highest BCUT2D eigenvalue weighted by Gasteiger charge is 2.28. The van der Waals surface area contributed by atoms with Crippen LogP contribution in [0.4, 0.5) is 10.1 Å². The zero-order valence-corrected chi connectivity index (χ0v) is 21.3. The Labute approximate surface area is 220 Å². The second kappa shape index (κ2) is 11.9. The van der Waals surface area contributed by atoms with E-state index in [1.807, 2.05) is 0 Å². The molecule has 0 aromatic heterocycles. The predicted octanol–water partition coefficient (Wildman–Crippen LogP) is 5.57. The fourth-order valence-electron chi connectivity index (χ4n) is 3.51. The number of para-hydroxylation sites is 1. The van der Waals surface area contributed by atoms with Gasteiger partial charge in [0, 0.05) is 6.54 Å². The molecule has 4 aromatic rings. The molecular formula is C28H24ClFN2O4S. The summed E-state index contributed by atoms with van der Waals surface area (Å²) >= 11 is 6.29. The van der Waals surface area contributed by atoms with Gasteiger partial charge in [0.05, 0.1) is 15.6 Å². The summed E-state index contributed by atoms with van der Waals surface area (Å²) in [5.74, 6) is -0.169. The van der Waals surface area contributed by atoms with Gasteiger partial charge in [0.1, 0.15) is 24.7 Å². The summed E-state index contributed by atoms with van der Waals surface area (Å²) in [4.78, 5) is 12.9. The van der Waals surface area contributed by atoms with Crippen LogP contribution in [0.15, 0.2) is 108 Å². The van der Waals surface area contributed by atoms with Crippen molar-refractivity contribution in [2.45, 2.75) is 18.0 Å². The van der Waals surface area contributed by atoms with Gasteiger partial charge in [0.25, 0.3) is 10.0 Å². The Morgan fingerprint density at radius 2 is 1.46 bits per heavy atom. The molecule has 0 fully saturated rings. The molecule has 0 saturated heterocycles. The molecule has 0 bridgehead atoms. The Bertz CT molecular complexity index is 1450. The maximum atomic E-state index is 13.4. The molecule has 0 atom stereocenters. The van der Waals surface area contributed by atoms with E-state index in [9.17, 15) is 17.6 Å². The van der Waals surface area contributed by atoms with E-state index < -0.39 is 22.5 Å². The Morgan fingerprint density at radius 1 is 0.838 bits per heavy atom. The molecule has 0 unspecified atom stereocenters. The smallest absolute Gasteiger partial charge is 0.264 e. The van der Waals surface area contributed by atoms with Gasteiger partial charge in [-0.2, -0.15) is 0 Å². The molecule has 0 radical (unpaired) electrons. The zero-order chi connectivity index (χ0) is 26.3. The minimum absolute atomic E-state index is 0.0546. The number of carbonyl (C=O) groups is 1. The van der Waals surface area contributed by atoms with E-state index in [1.165, 1.54) is 24.3 Å². The van der Waals surface area contributed by atoms with Gasteiger partial charge in [-0.1, -0.05) is 66.2 Å². The summed E-state index contributed by atoms with van der Waals surface area (Å²) in [6, 6.07) is 27.5. The minimum Gasteiger partial charge on any atom is -0.489 e. The van der Waals surface area contributed by atoms with Crippen molar-refractivity contribution in [3.05, 3.63) is 125 Å². The first-order valence-corrected chi connectivity index (χ1v) is 13.2. The zero-order valence-electron chi connectivity index (χ0n) is 19.7. The maximum absolute atomic E-state index is 13.4. The minimum atomic E-state index is -4.04. The number of hydrogen-bond donors (Lipinski definition) is 1. The van der Waals surface area contributed by atoms with Crippen LogP contribution >= 0.6 is 11.6 Å². The Morgan fingerprint density at radius 3 is 2.14 bits per heavy atom. The van der Waals surface area contributed by atoms with Crippen LogP contribution in [0.2, 0.25) is 5.02 Å². The molecule has 6 nitrogen and oxygen atoms in total. The van der Waals surface area contributed by atoms with Crippen molar-refractivity contribution in [1.29, 1.82) is 0 Å². The number of ether oxygens (including phenoxy) is 1. The van der Waals surface area contributed by atoms with Crippen LogP contribution < -0.4 is 14.4 Å². The number of benzene rings is 4. The van der Waals surface area contributed by atoms with E-state index in [0.717, 1.165) is 15.4 Å². The second-order valence-corrected chi connectivity index (χ2v) is 10.4. The van der Waals surface area contributed by atoms with Gasteiger partial charge in [0.2, 0.25) is 5.91 Å². The summed E-state index contributed by atoms with van der Waals surface area (Å²) in [6.07, 6.45) is 0. The first-order valence-electron chi connectivity index (χ1n) is 11.4. The molecule has 0 saturated carbocycles. The van der Waals surface area contributed by atoms with Crippen LogP contribution in [-0.2, 0) is 28.0 Å². The Hall–Kier alpha value is -3.88. The first-order chi connectivity index (χ1) is 17.8. The number of sulfonamides is 1. The van der Waals surface area contributed by atoms with Crippen molar-refractivity contribution in [2.75, 3.05) is 10.8 Å². The largest absolute Gasteiger partial charge is 0.489 e. The van der Waals surface area contributed by atoms with E-state index >= 15 is 0 Å². The number of hydrogen-bond acceptors (Lipinski definition) is 4. The highest BCUT2D eigenvalue weighted by Crippen LogP contribution is 2.30. The van der Waals surface area contributed by atoms with Crippen LogP contribution in [-0.4, -0.2) is 20.9 Å². The Kier molecular flexibility index (Phi) is 8.43. The third kappa shape index (κ3) is 6.87. The average molecular weight is 539 g/mol. The normalized spacial score (nSPS) is 11.1. The number of rotatable bonds is 10. The summed E-state index contributed by atoms with van der Waals surface area (Å²) in [5, 5.41) is 2.97. The van der Waals surface area contributed by atoms with Gasteiger partial charge in [-0.15, -0.1) is 0 Å². The molecular weight excluding hydrogens is 515 g/mol. The van der Waals surface area contributed by atoms with Gasteiger partial charge >= 0.3 is 0 Å². The Balaban J connectivity index is 1.40. The third-order valence-corrected chi connectivity index (χ3v) is 7.56. The summed E-state index contributed by atoms with van der Waals surface area (Å²) in [7, 11) is -4.04. The fraction of sp³-hybridized carbons (Fsp3) is 0.107. The highest BCUT2D eigenvalue weighted by atomic mass is 35.5. The maximum Gasteiger partial charge on any atom is 0.264 e. The van der Waals surface area contributed by atoms with E-state index in [4.69, 9.17) is 16.3 Å². The number of nitrogens with one attached hydrogen (secondary N) is 1. The summed E-state index contributed by atoms with van der Waals surface area (Å²) in [6.45, 7) is 0.0444. The van der Waals surface area contributed by atoms with Gasteiger partial charge in [-0.25, -0.2) is 12.8 Å². The first kappa shape index (κ1) is 26.2. The molecule has 9 heteroatoms. The number of anilines is 1. The monoisotopic (exact) mass is 538 g/mol. The molecule has 0 spiro atoms. The number of nitrogens with zero attached hydrogens (tertiary/aromatic N) is 1. The van der Waals surface area contributed by atoms with Crippen LogP contribution in [0.3, 0.4) is 0 Å². The predicted molar refractivity (Wildman–Crippen MR) is 141 cm³/mol. The highest BCUT2D eigenvalue weighted by molar-refractivity contribution is 7.92. The molecule has 0 aliphatic carbocycles. The lowest BCUT2D eigenvalue weighted by Gasteiger charge is -2.25. The SMILES string of the molecule is O=C(CN(c1ccccc1Cl)S(=O)(=O)c1ccccc1)NCc1ccc(OCc2ccc(F)cc2)cc1. The van der Waals surface area contributed by atoms with Crippen molar-refractivity contribution in [3.63, 3.8) is 0 Å². The molecule has 4 rings (SSSR count). The lowest BCUT2D eigenvalue weighted by molar-refractivity contribution is -0.119. The van der Waals surface area contributed by atoms with E-state index in [-0.39, 0.29) is 28.0 Å². The van der Waals surface area contributed by atoms with Crippen molar-refractivity contribution in [3.8, 4) is 5.75 Å². The topological polar surface area (TPSA) is 75.7 Å². The van der Waals surface area contributed by atoms with Gasteiger partial charge in [0.15, 0.2) is 0 Å². The van der Waals surface area contributed by atoms with Crippen molar-refractivity contribution in [2.24, 2.45) is 0 Å². The van der Waals surface area contributed by atoms with E-state index in [0.29, 0.717) is 12.4 Å². The third-order valence-electron chi connectivity index (χ3n) is 5.47. The van der Waals surface area contributed by atoms with Crippen LogP contribution in [0.5, 0.6) is 5.75 Å². The summed E-state index contributed by atoms with van der Waals surface area (Å²) in [5.41, 5.74) is 1.86. The lowest BCUT2D eigenvalue weighted by atomic mass is 10.2. The molecule has 37 heavy (non-hydrogen) atoms. The van der Waals surface area contributed by atoms with Crippen LogP contribution in [0.1, 0.15) is 11.1 Å². The molecule has 4 aromatic carbocycles. The van der Waals surface area contributed by atoms with E-state index in [2.05, 4.69) is 5.32 Å². The van der Waals surface area contributed by atoms with E-state index in [1.54, 1.807) is 78.9 Å². The number of halogens is 2. The second-order valence-electron chi connectivity index (χ2n) is 8.11. The lowest BCUT2D eigenvalue weighted by Crippen LogP contribution is -2.40. The van der Waals surface area contributed by atoms with Crippen molar-refractivity contribution < 1.29 is 22.3 Å². The summed E-state index contributed by atoms with van der Waals surface area (Å²) < 4.78 is 46.5. The van der Waals surface area contributed by atoms with Crippen LogP contribution in [0.25, 0.3) is 0 Å². The van der Waals surface area contributed by atoms with Gasteiger partial charge < -0.3 is 10.1 Å². The van der Waals surface area contributed by atoms with Gasteiger partial charge in [-0.3, -0.25) is 9.10 Å². The average Bonchev–Trinajstić information content (AvgIpc) is 2.92. The molecule has 0 heterocycles. The quantitative estimate of drug-likeness (QED) is 0.286. The molecule has 1 N–H and O–H groups in total. The molecule has 0 aliphatic heterocycles. The molecule has 190 valence electrons. The van der Waals surface area contributed by atoms with Crippen molar-refractivity contribution >= 4 is 33.2 Å². The number of carbonyl (C=O) groups excluding carboxylic acids is 1. The standard InChI is InChI=1S/C28H24ClFN2O4S/c29-26-8-4-5-9-27(26)32(37(34,35)25-6-2-1-3-7-25)19-28(33)31-18-21-12-16-24(17-13-21)36-20-22-10-14-23(30)15-11-22/h1-17H,18-20H2,(H,31,33).